The molecule has 1 aliphatic rings. The average molecular weight is 386 g/mol. The van der Waals surface area contributed by atoms with E-state index in [2.05, 4.69) is 0 Å². The summed E-state index contributed by atoms with van der Waals surface area (Å²) in [6.07, 6.45) is 0.228. The molecule has 3 aromatic carbocycles. The number of nitrogens with zero attached hydrogens (tertiary/aromatic N) is 2. The van der Waals surface area contributed by atoms with Gasteiger partial charge in [0, 0.05) is 0 Å². The van der Waals surface area contributed by atoms with Crippen molar-refractivity contribution in [2.24, 2.45) is 5.92 Å². The second kappa shape index (κ2) is 7.91. The van der Waals surface area contributed by atoms with E-state index < -0.39 is 13.0 Å². The third-order valence-electron chi connectivity index (χ3n) is 4.93. The molecular formula is C22H19BN2O4. The number of benzene rings is 3. The van der Waals surface area contributed by atoms with E-state index in [1.54, 1.807) is 48.5 Å². The lowest BCUT2D eigenvalue weighted by Gasteiger charge is -2.27. The summed E-state index contributed by atoms with van der Waals surface area (Å²) in [5, 5.41) is 21.3. The lowest BCUT2D eigenvalue weighted by atomic mass is 9.80. The summed E-state index contributed by atoms with van der Waals surface area (Å²) in [4.78, 5) is 26.5. The van der Waals surface area contributed by atoms with Crippen LogP contribution in [0.2, 0.25) is 0 Å². The van der Waals surface area contributed by atoms with Gasteiger partial charge in [-0.1, -0.05) is 60.7 Å². The van der Waals surface area contributed by atoms with Crippen LogP contribution in [0.5, 0.6) is 0 Å². The molecule has 0 radical (unpaired) electrons. The number of hydrogen-bond donors (Lipinski definition) is 2. The summed E-state index contributed by atoms with van der Waals surface area (Å²) in [6.45, 7) is 0. The zero-order chi connectivity index (χ0) is 20.4. The Balaban J connectivity index is 1.68. The largest absolute Gasteiger partial charge is 0.488 e. The van der Waals surface area contributed by atoms with Crippen molar-refractivity contribution in [1.29, 1.82) is 0 Å². The number of carbonyl (C=O) groups excluding carboxylic acids is 2. The molecule has 29 heavy (non-hydrogen) atoms. The maximum Gasteiger partial charge on any atom is 0.488 e. The highest BCUT2D eigenvalue weighted by Crippen LogP contribution is 2.33. The number of carbonyl (C=O) groups is 2. The fraction of sp³-hybridized carbons (Fsp3) is 0.0909. The first-order valence-corrected chi connectivity index (χ1v) is 9.29. The lowest BCUT2D eigenvalue weighted by molar-refractivity contribution is -0.126. The molecule has 2 N–H and O–H groups in total. The van der Waals surface area contributed by atoms with Crippen molar-refractivity contribution in [1.82, 2.24) is 0 Å². The third kappa shape index (κ3) is 3.65. The van der Waals surface area contributed by atoms with Crippen molar-refractivity contribution in [3.63, 3.8) is 0 Å². The predicted molar refractivity (Wildman–Crippen MR) is 111 cm³/mol. The molecule has 0 bridgehead atoms. The first-order chi connectivity index (χ1) is 14.1. The lowest BCUT2D eigenvalue weighted by Crippen LogP contribution is -2.41. The van der Waals surface area contributed by atoms with Gasteiger partial charge in [0.25, 0.3) is 11.8 Å². The van der Waals surface area contributed by atoms with Gasteiger partial charge in [0.2, 0.25) is 0 Å². The molecule has 3 aromatic rings. The Morgan fingerprint density at radius 1 is 0.690 bits per heavy atom. The van der Waals surface area contributed by atoms with Gasteiger partial charge >= 0.3 is 7.12 Å². The quantitative estimate of drug-likeness (QED) is 0.515. The Morgan fingerprint density at radius 3 is 1.55 bits per heavy atom. The molecule has 2 amide bonds. The summed E-state index contributed by atoms with van der Waals surface area (Å²) in [6, 6.07) is 24.7. The molecular weight excluding hydrogens is 367 g/mol. The maximum absolute atomic E-state index is 13.3. The summed E-state index contributed by atoms with van der Waals surface area (Å²) in [5.41, 5.74) is 2.37. The minimum atomic E-state index is -1.55. The van der Waals surface area contributed by atoms with Crippen LogP contribution in [0.25, 0.3) is 0 Å². The smallest absolute Gasteiger partial charge is 0.423 e. The second-order valence-electron chi connectivity index (χ2n) is 6.84. The van der Waals surface area contributed by atoms with Gasteiger partial charge in [-0.3, -0.25) is 9.59 Å². The highest BCUT2D eigenvalue weighted by molar-refractivity contribution is 6.58. The molecule has 1 fully saturated rings. The van der Waals surface area contributed by atoms with Crippen molar-refractivity contribution < 1.29 is 19.6 Å². The Bertz CT molecular complexity index is 953. The number of amides is 2. The van der Waals surface area contributed by atoms with Crippen LogP contribution in [0.4, 0.5) is 11.4 Å². The third-order valence-corrected chi connectivity index (χ3v) is 4.93. The van der Waals surface area contributed by atoms with E-state index in [0.29, 0.717) is 16.8 Å². The number of hydrogen-bond acceptors (Lipinski definition) is 4. The molecule has 1 aliphatic heterocycles. The van der Waals surface area contributed by atoms with E-state index in [0.717, 1.165) is 5.56 Å². The molecule has 0 aromatic heterocycles. The van der Waals surface area contributed by atoms with E-state index >= 15 is 0 Å². The van der Waals surface area contributed by atoms with Crippen LogP contribution in [0.3, 0.4) is 0 Å². The topological polar surface area (TPSA) is 81.1 Å². The Kier molecular flexibility index (Phi) is 5.16. The highest BCUT2D eigenvalue weighted by Gasteiger charge is 2.46. The molecule has 6 nitrogen and oxygen atoms in total. The van der Waals surface area contributed by atoms with Crippen LogP contribution in [0.15, 0.2) is 84.9 Å². The molecule has 0 unspecified atom stereocenters. The van der Waals surface area contributed by atoms with Crippen LogP contribution in [-0.4, -0.2) is 29.0 Å². The van der Waals surface area contributed by atoms with Gasteiger partial charge in [-0.25, -0.2) is 10.0 Å². The summed E-state index contributed by atoms with van der Waals surface area (Å²) in [7, 11) is -1.55. The summed E-state index contributed by atoms with van der Waals surface area (Å²) in [5.74, 6) is -1.45. The molecule has 0 saturated carbocycles. The van der Waals surface area contributed by atoms with Crippen LogP contribution in [-0.2, 0) is 16.0 Å². The van der Waals surface area contributed by atoms with E-state index in [-0.39, 0.29) is 18.2 Å². The fourth-order valence-electron chi connectivity index (χ4n) is 3.46. The molecule has 144 valence electrons. The number of anilines is 2. The normalized spacial score (nSPS) is 14.6. The molecule has 7 heteroatoms. The van der Waals surface area contributed by atoms with Crippen molar-refractivity contribution in [3.05, 3.63) is 90.5 Å². The molecule has 0 spiro atoms. The van der Waals surface area contributed by atoms with Gasteiger partial charge in [-0.05, 0) is 41.7 Å². The van der Waals surface area contributed by atoms with Crippen molar-refractivity contribution in [2.75, 3.05) is 10.0 Å². The van der Waals surface area contributed by atoms with Crippen LogP contribution < -0.4 is 15.5 Å². The standard InChI is InChI=1S/C22H19BN2O4/c26-21-20(15-16-11-13-17(14-12-16)23(28)29)22(27)25(19-9-5-2-6-10-19)24(21)18-7-3-1-4-8-18/h1-14,20,28-29H,15H2. The second-order valence-corrected chi connectivity index (χ2v) is 6.84. The number of para-hydroxylation sites is 2. The minimum absolute atomic E-state index is 0.228. The van der Waals surface area contributed by atoms with Crippen molar-refractivity contribution >= 4 is 35.8 Å². The number of rotatable bonds is 5. The van der Waals surface area contributed by atoms with Gasteiger partial charge < -0.3 is 10.0 Å². The molecule has 1 heterocycles. The Morgan fingerprint density at radius 2 is 1.14 bits per heavy atom. The zero-order valence-electron chi connectivity index (χ0n) is 15.6. The predicted octanol–water partition coefficient (Wildman–Crippen LogP) is 1.52. The van der Waals surface area contributed by atoms with Gasteiger partial charge in [0.05, 0.1) is 11.4 Å². The Hall–Kier alpha value is -3.42. The minimum Gasteiger partial charge on any atom is -0.423 e. The number of hydrazine groups is 1. The van der Waals surface area contributed by atoms with Crippen molar-refractivity contribution in [2.45, 2.75) is 6.42 Å². The first-order valence-electron chi connectivity index (χ1n) is 9.29. The summed E-state index contributed by atoms with van der Waals surface area (Å²) >= 11 is 0. The van der Waals surface area contributed by atoms with Gasteiger partial charge in [-0.2, -0.15) is 0 Å². The monoisotopic (exact) mass is 386 g/mol. The van der Waals surface area contributed by atoms with Crippen LogP contribution >= 0.6 is 0 Å². The fourth-order valence-corrected chi connectivity index (χ4v) is 3.46. The SMILES string of the molecule is O=C1C(Cc2ccc(B(O)O)cc2)C(=O)N(c2ccccc2)N1c1ccccc1. The molecule has 0 atom stereocenters. The maximum atomic E-state index is 13.3. The summed E-state index contributed by atoms with van der Waals surface area (Å²) < 4.78 is 0. The average Bonchev–Trinajstić information content (AvgIpc) is 3.00. The molecule has 1 saturated heterocycles. The van der Waals surface area contributed by atoms with E-state index in [9.17, 15) is 19.6 Å². The zero-order valence-corrected chi connectivity index (χ0v) is 15.6. The Labute approximate surface area is 168 Å². The van der Waals surface area contributed by atoms with Gasteiger partial charge in [0.1, 0.15) is 5.92 Å². The van der Waals surface area contributed by atoms with Crippen LogP contribution in [0.1, 0.15) is 5.56 Å². The van der Waals surface area contributed by atoms with E-state index in [1.165, 1.54) is 10.0 Å². The molecule has 0 aliphatic carbocycles. The molecule has 4 rings (SSSR count). The van der Waals surface area contributed by atoms with E-state index in [4.69, 9.17) is 0 Å². The van der Waals surface area contributed by atoms with E-state index in [1.807, 2.05) is 36.4 Å². The van der Waals surface area contributed by atoms with Gasteiger partial charge in [0.15, 0.2) is 0 Å². The van der Waals surface area contributed by atoms with Gasteiger partial charge in [-0.15, -0.1) is 0 Å². The van der Waals surface area contributed by atoms with Crippen molar-refractivity contribution in [3.8, 4) is 0 Å². The first kappa shape index (κ1) is 18.9. The van der Waals surface area contributed by atoms with Crippen LogP contribution in [0, 0.1) is 5.92 Å². The highest BCUT2D eigenvalue weighted by atomic mass is 16.4.